The van der Waals surface area contributed by atoms with Crippen LogP contribution in [-0.2, 0) is 6.42 Å². The Balaban J connectivity index is 0.000000531. The number of hydrogen-bond acceptors (Lipinski definition) is 1. The fourth-order valence-electron chi connectivity index (χ4n) is 1.31. The van der Waals surface area contributed by atoms with Crippen LogP contribution < -0.4 is 0 Å². The van der Waals surface area contributed by atoms with Crippen LogP contribution in [0, 0.1) is 0 Å². The zero-order chi connectivity index (χ0) is 11.1. The molecule has 80 valence electrons. The monoisotopic (exact) mass is 202 g/mol. The lowest BCUT2D eigenvalue weighted by atomic mass is 10.1. The summed E-state index contributed by atoms with van der Waals surface area (Å²) in [5.41, 5.74) is 2.47. The number of aryl methyl sites for hydroxylation is 1. The van der Waals surface area contributed by atoms with E-state index in [-0.39, 0.29) is 0 Å². The number of benzene rings is 1. The number of rotatable bonds is 2. The molecule has 2 nitrogen and oxygen atoms in total. The standard InChI is InChI=1S/C11H12N2.C2H6/c1-2-10-4-6-11(7-5-10)13-9-3-8-12-13;1-2/h3-9H,2H2,1H3;1-2H3. The van der Waals surface area contributed by atoms with Gasteiger partial charge < -0.3 is 0 Å². The summed E-state index contributed by atoms with van der Waals surface area (Å²) in [5.74, 6) is 0. The molecule has 0 saturated heterocycles. The maximum Gasteiger partial charge on any atom is 0.0645 e. The zero-order valence-corrected chi connectivity index (χ0v) is 9.64. The smallest absolute Gasteiger partial charge is 0.0645 e. The first-order valence-electron chi connectivity index (χ1n) is 5.49. The highest BCUT2D eigenvalue weighted by Crippen LogP contribution is 2.08. The van der Waals surface area contributed by atoms with E-state index in [1.165, 1.54) is 5.56 Å². The zero-order valence-electron chi connectivity index (χ0n) is 9.64. The summed E-state index contributed by atoms with van der Waals surface area (Å²) < 4.78 is 1.86. The Morgan fingerprint density at radius 2 is 1.80 bits per heavy atom. The first kappa shape index (κ1) is 11.5. The Morgan fingerprint density at radius 1 is 1.13 bits per heavy atom. The molecule has 0 spiro atoms. The molecule has 2 aromatic rings. The van der Waals surface area contributed by atoms with Crippen LogP contribution in [0.1, 0.15) is 26.3 Å². The molecule has 2 rings (SSSR count). The summed E-state index contributed by atoms with van der Waals surface area (Å²) >= 11 is 0. The third-order valence-corrected chi connectivity index (χ3v) is 2.11. The van der Waals surface area contributed by atoms with Crippen LogP contribution in [0.5, 0.6) is 0 Å². The Kier molecular flexibility index (Phi) is 4.61. The maximum absolute atomic E-state index is 4.16. The average Bonchev–Trinajstić information content (AvgIpc) is 2.85. The molecular weight excluding hydrogens is 184 g/mol. The van der Waals surface area contributed by atoms with Gasteiger partial charge >= 0.3 is 0 Å². The lowest BCUT2D eigenvalue weighted by molar-refractivity contribution is 0.879. The number of hydrogen-bond donors (Lipinski definition) is 0. The predicted octanol–water partition coefficient (Wildman–Crippen LogP) is 3.46. The highest BCUT2D eigenvalue weighted by atomic mass is 15.3. The second-order valence-electron chi connectivity index (χ2n) is 2.97. The van der Waals surface area contributed by atoms with Gasteiger partial charge in [-0.15, -0.1) is 0 Å². The van der Waals surface area contributed by atoms with Gasteiger partial charge in [-0.25, -0.2) is 4.68 Å². The van der Waals surface area contributed by atoms with Crippen LogP contribution in [-0.4, -0.2) is 9.78 Å². The third kappa shape index (κ3) is 2.94. The second kappa shape index (κ2) is 6.02. The normalized spacial score (nSPS) is 9.27. The average molecular weight is 202 g/mol. The summed E-state index contributed by atoms with van der Waals surface area (Å²) in [6.07, 6.45) is 4.81. The molecule has 0 atom stereocenters. The number of aromatic nitrogens is 2. The van der Waals surface area contributed by atoms with E-state index in [4.69, 9.17) is 0 Å². The van der Waals surface area contributed by atoms with Gasteiger partial charge in [0.15, 0.2) is 0 Å². The molecular formula is C13H18N2. The maximum atomic E-state index is 4.16. The van der Waals surface area contributed by atoms with Gasteiger partial charge in [0.1, 0.15) is 0 Å². The van der Waals surface area contributed by atoms with Gasteiger partial charge in [-0.2, -0.15) is 5.10 Å². The summed E-state index contributed by atoms with van der Waals surface area (Å²) in [7, 11) is 0. The molecule has 0 radical (unpaired) electrons. The van der Waals surface area contributed by atoms with Crippen molar-refractivity contribution in [2.75, 3.05) is 0 Å². The quantitative estimate of drug-likeness (QED) is 0.729. The Labute approximate surface area is 91.6 Å². The molecule has 0 bridgehead atoms. The van der Waals surface area contributed by atoms with E-state index in [0.29, 0.717) is 0 Å². The van der Waals surface area contributed by atoms with Crippen molar-refractivity contribution in [3.63, 3.8) is 0 Å². The summed E-state index contributed by atoms with van der Waals surface area (Å²) in [6.45, 7) is 6.16. The van der Waals surface area contributed by atoms with E-state index < -0.39 is 0 Å². The molecule has 1 aromatic heterocycles. The van der Waals surface area contributed by atoms with Gasteiger partial charge in [0.2, 0.25) is 0 Å². The molecule has 0 saturated carbocycles. The van der Waals surface area contributed by atoms with E-state index in [0.717, 1.165) is 12.1 Å². The van der Waals surface area contributed by atoms with E-state index in [1.807, 2.05) is 30.8 Å². The summed E-state index contributed by atoms with van der Waals surface area (Å²) in [4.78, 5) is 0. The van der Waals surface area contributed by atoms with Crippen molar-refractivity contribution in [2.24, 2.45) is 0 Å². The predicted molar refractivity (Wildman–Crippen MR) is 64.3 cm³/mol. The topological polar surface area (TPSA) is 17.8 Å². The van der Waals surface area contributed by atoms with Crippen molar-refractivity contribution in [1.82, 2.24) is 9.78 Å². The first-order valence-corrected chi connectivity index (χ1v) is 5.49. The van der Waals surface area contributed by atoms with Crippen molar-refractivity contribution in [3.8, 4) is 5.69 Å². The molecule has 0 unspecified atom stereocenters. The molecule has 0 aliphatic rings. The van der Waals surface area contributed by atoms with E-state index in [1.54, 1.807) is 6.20 Å². The van der Waals surface area contributed by atoms with Gasteiger partial charge in [-0.3, -0.25) is 0 Å². The van der Waals surface area contributed by atoms with Gasteiger partial charge in [0.05, 0.1) is 5.69 Å². The third-order valence-electron chi connectivity index (χ3n) is 2.11. The lowest BCUT2D eigenvalue weighted by Gasteiger charge is -2.01. The van der Waals surface area contributed by atoms with Crippen molar-refractivity contribution >= 4 is 0 Å². The molecule has 0 aliphatic carbocycles. The minimum Gasteiger partial charge on any atom is -0.241 e. The van der Waals surface area contributed by atoms with E-state index >= 15 is 0 Å². The minimum atomic E-state index is 1.08. The number of nitrogens with zero attached hydrogens (tertiary/aromatic N) is 2. The molecule has 0 amide bonds. The Bertz CT molecular complexity index is 360. The van der Waals surface area contributed by atoms with Crippen molar-refractivity contribution in [3.05, 3.63) is 48.3 Å². The molecule has 15 heavy (non-hydrogen) atoms. The second-order valence-corrected chi connectivity index (χ2v) is 2.97. The first-order chi connectivity index (χ1) is 7.40. The van der Waals surface area contributed by atoms with Crippen LogP contribution in [0.15, 0.2) is 42.7 Å². The van der Waals surface area contributed by atoms with Crippen LogP contribution >= 0.6 is 0 Å². The fourth-order valence-corrected chi connectivity index (χ4v) is 1.31. The summed E-state index contributed by atoms with van der Waals surface area (Å²) in [6, 6.07) is 10.4. The van der Waals surface area contributed by atoms with Crippen molar-refractivity contribution < 1.29 is 0 Å². The molecule has 0 aliphatic heterocycles. The van der Waals surface area contributed by atoms with E-state index in [9.17, 15) is 0 Å². The fraction of sp³-hybridized carbons (Fsp3) is 0.308. The highest BCUT2D eigenvalue weighted by Gasteiger charge is 1.94. The van der Waals surface area contributed by atoms with E-state index in [2.05, 4.69) is 36.3 Å². The van der Waals surface area contributed by atoms with Gasteiger partial charge in [-0.1, -0.05) is 32.9 Å². The molecule has 2 heteroatoms. The molecule has 1 aromatic carbocycles. The van der Waals surface area contributed by atoms with Crippen molar-refractivity contribution in [1.29, 1.82) is 0 Å². The van der Waals surface area contributed by atoms with Crippen LogP contribution in [0.2, 0.25) is 0 Å². The SMILES string of the molecule is CC.CCc1ccc(-n2cccn2)cc1. The Morgan fingerprint density at radius 3 is 2.27 bits per heavy atom. The molecule has 0 fully saturated rings. The molecule has 1 heterocycles. The lowest BCUT2D eigenvalue weighted by Crippen LogP contribution is -1.93. The molecule has 0 N–H and O–H groups in total. The Hall–Kier alpha value is -1.57. The minimum absolute atomic E-state index is 1.08. The van der Waals surface area contributed by atoms with Crippen LogP contribution in [0.4, 0.5) is 0 Å². The van der Waals surface area contributed by atoms with Crippen molar-refractivity contribution in [2.45, 2.75) is 27.2 Å². The van der Waals surface area contributed by atoms with Gasteiger partial charge in [0, 0.05) is 12.4 Å². The van der Waals surface area contributed by atoms with Crippen LogP contribution in [0.3, 0.4) is 0 Å². The van der Waals surface area contributed by atoms with Gasteiger partial charge in [-0.05, 0) is 30.2 Å². The highest BCUT2D eigenvalue weighted by molar-refractivity contribution is 5.33. The summed E-state index contributed by atoms with van der Waals surface area (Å²) in [5, 5.41) is 4.16. The van der Waals surface area contributed by atoms with Crippen LogP contribution in [0.25, 0.3) is 5.69 Å². The van der Waals surface area contributed by atoms with Gasteiger partial charge in [0.25, 0.3) is 0 Å². The largest absolute Gasteiger partial charge is 0.241 e.